The van der Waals surface area contributed by atoms with E-state index >= 15 is 0 Å². The predicted octanol–water partition coefficient (Wildman–Crippen LogP) is 2.83. The summed E-state index contributed by atoms with van der Waals surface area (Å²) in [6, 6.07) is 6.39. The van der Waals surface area contributed by atoms with E-state index in [1.54, 1.807) is 0 Å². The summed E-state index contributed by atoms with van der Waals surface area (Å²) in [5, 5.41) is 8.38. The fourth-order valence-electron chi connectivity index (χ4n) is 1.46. The van der Waals surface area contributed by atoms with Crippen LogP contribution in [0.1, 0.15) is 25.1 Å². The monoisotopic (exact) mass is 173 g/mol. The lowest BCUT2D eigenvalue weighted by atomic mass is 10.0. The summed E-state index contributed by atoms with van der Waals surface area (Å²) in [5.74, 6) is 1.34. The van der Waals surface area contributed by atoms with Crippen LogP contribution in [0.2, 0.25) is 0 Å². The van der Waals surface area contributed by atoms with Crippen molar-refractivity contribution in [2.45, 2.75) is 20.8 Å². The minimum absolute atomic E-state index is 1.07. The second kappa shape index (κ2) is 2.87. The normalized spacial score (nSPS) is 11.4. The zero-order chi connectivity index (χ0) is 9.42. The molecule has 0 amide bonds. The highest BCUT2D eigenvalue weighted by Gasteiger charge is 2.04. The molecule has 0 bridgehead atoms. The van der Waals surface area contributed by atoms with Crippen LogP contribution in [0, 0.1) is 12.8 Å². The minimum Gasteiger partial charge on any atom is -0.278 e. The second-order valence-corrected chi connectivity index (χ2v) is 3.57. The number of aromatic nitrogens is 2. The van der Waals surface area contributed by atoms with Crippen LogP contribution in [-0.4, -0.2) is 10.2 Å². The Hall–Kier alpha value is -1.31. The van der Waals surface area contributed by atoms with Crippen LogP contribution < -0.4 is 0 Å². The number of aromatic amines is 1. The van der Waals surface area contributed by atoms with Gasteiger partial charge in [0, 0.05) is 5.39 Å². The fraction of sp³-hybridized carbons (Fsp3) is 0.273. The van der Waals surface area contributed by atoms with Crippen LogP contribution in [0.5, 0.6) is 0 Å². The van der Waals surface area contributed by atoms with E-state index in [2.05, 4.69) is 42.2 Å². The molecule has 0 aliphatic rings. The first kappa shape index (κ1) is 8.30. The molecule has 2 nitrogen and oxygen atoms in total. The van der Waals surface area contributed by atoms with Gasteiger partial charge in [-0.1, -0.05) is 19.9 Å². The van der Waals surface area contributed by atoms with Crippen LogP contribution in [0.3, 0.4) is 0 Å². The SMILES string of the molecule is C[C](C)c1ccc2[nH]nc(C)c2c1. The second-order valence-electron chi connectivity index (χ2n) is 3.57. The van der Waals surface area contributed by atoms with E-state index in [0.29, 0.717) is 0 Å². The third-order valence-corrected chi connectivity index (χ3v) is 2.33. The molecular weight excluding hydrogens is 160 g/mol. The molecule has 1 aromatic carbocycles. The van der Waals surface area contributed by atoms with Gasteiger partial charge in [-0.3, -0.25) is 5.10 Å². The van der Waals surface area contributed by atoms with Gasteiger partial charge in [0.05, 0.1) is 11.2 Å². The van der Waals surface area contributed by atoms with Gasteiger partial charge in [-0.2, -0.15) is 5.10 Å². The summed E-state index contributed by atoms with van der Waals surface area (Å²) in [4.78, 5) is 0. The molecule has 0 saturated heterocycles. The van der Waals surface area contributed by atoms with Crippen molar-refractivity contribution in [3.8, 4) is 0 Å². The van der Waals surface area contributed by atoms with Gasteiger partial charge < -0.3 is 0 Å². The van der Waals surface area contributed by atoms with E-state index in [-0.39, 0.29) is 0 Å². The summed E-state index contributed by atoms with van der Waals surface area (Å²) >= 11 is 0. The zero-order valence-corrected chi connectivity index (χ0v) is 8.18. The zero-order valence-electron chi connectivity index (χ0n) is 8.18. The van der Waals surface area contributed by atoms with Gasteiger partial charge in [-0.25, -0.2) is 0 Å². The fourth-order valence-corrected chi connectivity index (χ4v) is 1.46. The number of benzene rings is 1. The summed E-state index contributed by atoms with van der Waals surface area (Å²) in [7, 11) is 0. The molecule has 1 N–H and O–H groups in total. The van der Waals surface area contributed by atoms with Crippen molar-refractivity contribution in [2.75, 3.05) is 0 Å². The molecule has 2 aromatic rings. The molecule has 1 aromatic heterocycles. The van der Waals surface area contributed by atoms with E-state index in [0.717, 1.165) is 11.2 Å². The number of H-pyrrole nitrogens is 1. The molecule has 0 aliphatic carbocycles. The van der Waals surface area contributed by atoms with Gasteiger partial charge >= 0.3 is 0 Å². The Bertz CT molecular complexity index is 427. The Morgan fingerprint density at radius 2 is 2.08 bits per heavy atom. The van der Waals surface area contributed by atoms with Gasteiger partial charge in [0.15, 0.2) is 0 Å². The molecule has 0 fully saturated rings. The van der Waals surface area contributed by atoms with Crippen molar-refractivity contribution in [3.63, 3.8) is 0 Å². The van der Waals surface area contributed by atoms with Gasteiger partial charge in [-0.15, -0.1) is 0 Å². The van der Waals surface area contributed by atoms with Crippen molar-refractivity contribution >= 4 is 10.9 Å². The van der Waals surface area contributed by atoms with Crippen LogP contribution in [0.25, 0.3) is 10.9 Å². The maximum Gasteiger partial charge on any atom is 0.0670 e. The Labute approximate surface area is 78.0 Å². The molecule has 2 heteroatoms. The molecule has 0 aliphatic heterocycles. The lowest BCUT2D eigenvalue weighted by Crippen LogP contribution is -1.86. The van der Waals surface area contributed by atoms with Crippen molar-refractivity contribution in [3.05, 3.63) is 35.4 Å². The lowest BCUT2D eigenvalue weighted by molar-refractivity contribution is 1.07. The van der Waals surface area contributed by atoms with Gasteiger partial charge in [0.25, 0.3) is 0 Å². The molecule has 0 spiro atoms. The number of rotatable bonds is 1. The van der Waals surface area contributed by atoms with Crippen LogP contribution in [0.15, 0.2) is 18.2 Å². The number of hydrogen-bond donors (Lipinski definition) is 1. The molecule has 0 atom stereocenters. The largest absolute Gasteiger partial charge is 0.278 e. The summed E-state index contributed by atoms with van der Waals surface area (Å²) in [5.41, 5.74) is 3.47. The Kier molecular flexibility index (Phi) is 1.83. The number of nitrogens with zero attached hydrogens (tertiary/aromatic N) is 1. The van der Waals surface area contributed by atoms with Crippen LogP contribution >= 0.6 is 0 Å². The molecule has 1 heterocycles. The minimum atomic E-state index is 1.07. The molecule has 2 rings (SSSR count). The van der Waals surface area contributed by atoms with Crippen molar-refractivity contribution in [1.82, 2.24) is 10.2 Å². The first-order chi connectivity index (χ1) is 6.18. The van der Waals surface area contributed by atoms with Gasteiger partial charge in [0.2, 0.25) is 0 Å². The molecular formula is C11H13N2. The number of aryl methyl sites for hydroxylation is 1. The molecule has 0 unspecified atom stereocenters. The highest BCUT2D eigenvalue weighted by molar-refractivity contribution is 5.82. The summed E-state index contributed by atoms with van der Waals surface area (Å²) in [6.07, 6.45) is 0. The van der Waals surface area contributed by atoms with Crippen molar-refractivity contribution < 1.29 is 0 Å². The summed E-state index contributed by atoms with van der Waals surface area (Å²) in [6.45, 7) is 6.26. The van der Waals surface area contributed by atoms with Gasteiger partial charge in [-0.05, 0) is 30.5 Å². The van der Waals surface area contributed by atoms with E-state index < -0.39 is 0 Å². The van der Waals surface area contributed by atoms with Crippen molar-refractivity contribution in [1.29, 1.82) is 0 Å². The Morgan fingerprint density at radius 1 is 1.31 bits per heavy atom. The number of nitrogens with one attached hydrogen (secondary N) is 1. The average Bonchev–Trinajstić information content (AvgIpc) is 2.47. The highest BCUT2D eigenvalue weighted by atomic mass is 15.1. The topological polar surface area (TPSA) is 28.7 Å². The number of fused-ring (bicyclic) bond motifs is 1. The highest BCUT2D eigenvalue weighted by Crippen LogP contribution is 2.21. The lowest BCUT2D eigenvalue weighted by Gasteiger charge is -2.03. The van der Waals surface area contributed by atoms with E-state index in [4.69, 9.17) is 0 Å². The number of hydrogen-bond acceptors (Lipinski definition) is 1. The maximum atomic E-state index is 4.16. The third kappa shape index (κ3) is 1.32. The smallest absolute Gasteiger partial charge is 0.0670 e. The Balaban J connectivity index is 2.66. The van der Waals surface area contributed by atoms with Gasteiger partial charge in [0.1, 0.15) is 0 Å². The molecule has 0 saturated carbocycles. The van der Waals surface area contributed by atoms with Crippen LogP contribution in [0.4, 0.5) is 0 Å². The predicted molar refractivity (Wildman–Crippen MR) is 54.5 cm³/mol. The average molecular weight is 173 g/mol. The van der Waals surface area contributed by atoms with E-state index in [1.807, 2.05) is 6.92 Å². The quantitative estimate of drug-likeness (QED) is 0.705. The molecule has 13 heavy (non-hydrogen) atoms. The standard InChI is InChI=1S/C11H13N2/c1-7(2)9-4-5-11-10(6-9)8(3)12-13-11/h4-6H,1-3H3,(H,12,13). The van der Waals surface area contributed by atoms with E-state index in [9.17, 15) is 0 Å². The maximum absolute atomic E-state index is 4.16. The molecule has 67 valence electrons. The Morgan fingerprint density at radius 3 is 2.77 bits per heavy atom. The first-order valence-corrected chi connectivity index (χ1v) is 4.44. The third-order valence-electron chi connectivity index (χ3n) is 2.33. The van der Waals surface area contributed by atoms with E-state index in [1.165, 1.54) is 16.9 Å². The van der Waals surface area contributed by atoms with Crippen molar-refractivity contribution in [2.24, 2.45) is 0 Å². The first-order valence-electron chi connectivity index (χ1n) is 4.44. The molecule has 1 radical (unpaired) electrons. The summed E-state index contributed by atoms with van der Waals surface area (Å²) < 4.78 is 0. The van der Waals surface area contributed by atoms with Crippen LogP contribution in [-0.2, 0) is 0 Å².